The number of fused-ring (bicyclic) bond motifs is 2. The number of nitrogens with zero attached hydrogens (tertiary/aromatic N) is 2. The quantitative estimate of drug-likeness (QED) is 0.838. The van der Waals surface area contributed by atoms with Gasteiger partial charge in [0, 0.05) is 26.0 Å². The van der Waals surface area contributed by atoms with E-state index in [0.717, 1.165) is 30.3 Å². The molecule has 2 aromatic rings. The zero-order valence-corrected chi connectivity index (χ0v) is 10.7. The lowest BCUT2D eigenvalue weighted by molar-refractivity contribution is 0.174. The van der Waals surface area contributed by atoms with Crippen LogP contribution < -0.4 is 14.8 Å². The third kappa shape index (κ3) is 1.62. The van der Waals surface area contributed by atoms with Gasteiger partial charge in [0.2, 0.25) is 6.79 Å². The molecule has 2 aliphatic rings. The number of aryl methyl sites for hydroxylation is 1. The molecule has 98 valence electrons. The van der Waals surface area contributed by atoms with Gasteiger partial charge in [-0.25, -0.2) is 4.98 Å². The average molecular weight is 257 g/mol. The van der Waals surface area contributed by atoms with E-state index >= 15 is 0 Å². The second-order valence-corrected chi connectivity index (χ2v) is 4.94. The Balaban J connectivity index is 1.84. The van der Waals surface area contributed by atoms with Crippen LogP contribution in [0, 0.1) is 0 Å². The second kappa shape index (κ2) is 3.99. The van der Waals surface area contributed by atoms with Crippen LogP contribution in [0.15, 0.2) is 24.5 Å². The summed E-state index contributed by atoms with van der Waals surface area (Å²) in [5.41, 5.74) is 2.56. The van der Waals surface area contributed by atoms with Gasteiger partial charge >= 0.3 is 0 Å². The number of hydrogen-bond acceptors (Lipinski definition) is 4. The van der Waals surface area contributed by atoms with Crippen LogP contribution >= 0.6 is 0 Å². The van der Waals surface area contributed by atoms with Crippen LogP contribution in [0.1, 0.15) is 23.0 Å². The van der Waals surface area contributed by atoms with E-state index in [2.05, 4.69) is 27.0 Å². The molecule has 0 aliphatic carbocycles. The molecule has 1 aromatic carbocycles. The Morgan fingerprint density at radius 3 is 2.95 bits per heavy atom. The average Bonchev–Trinajstić information content (AvgIpc) is 3.03. The third-order valence-electron chi connectivity index (χ3n) is 3.80. The number of ether oxygens (including phenoxy) is 2. The summed E-state index contributed by atoms with van der Waals surface area (Å²) in [5.74, 6) is 2.72. The number of imidazole rings is 1. The van der Waals surface area contributed by atoms with Crippen molar-refractivity contribution in [3.8, 4) is 11.5 Å². The van der Waals surface area contributed by atoms with Crippen LogP contribution in [0.4, 0.5) is 0 Å². The molecular formula is C14H15N3O2. The van der Waals surface area contributed by atoms with E-state index in [1.54, 1.807) is 0 Å². The number of rotatable bonds is 1. The smallest absolute Gasteiger partial charge is 0.231 e. The summed E-state index contributed by atoms with van der Waals surface area (Å²) in [6, 6.07) is 4.32. The standard InChI is InChI=1S/C14H15N3O2/c1-17-5-4-16-14(17)13-10-7-12-11(18-8-19-12)6-9(10)2-3-15-13/h4-7,13,15H,2-3,8H2,1H3. The first-order valence-corrected chi connectivity index (χ1v) is 6.46. The molecule has 5 heteroatoms. The Labute approximate surface area is 111 Å². The fraction of sp³-hybridized carbons (Fsp3) is 0.357. The minimum atomic E-state index is 0.123. The molecule has 3 heterocycles. The molecular weight excluding hydrogens is 242 g/mol. The summed E-state index contributed by atoms with van der Waals surface area (Å²) in [6.07, 6.45) is 4.81. The van der Waals surface area contributed by atoms with Gasteiger partial charge in [0.25, 0.3) is 0 Å². The molecule has 4 rings (SSSR count). The summed E-state index contributed by atoms with van der Waals surface area (Å²) in [7, 11) is 2.02. The summed E-state index contributed by atoms with van der Waals surface area (Å²) in [6.45, 7) is 1.27. The van der Waals surface area contributed by atoms with Crippen molar-refractivity contribution in [1.29, 1.82) is 0 Å². The van der Waals surface area contributed by atoms with E-state index in [1.165, 1.54) is 11.1 Å². The molecule has 0 amide bonds. The van der Waals surface area contributed by atoms with Crippen LogP contribution in [0.2, 0.25) is 0 Å². The van der Waals surface area contributed by atoms with E-state index in [0.29, 0.717) is 6.79 Å². The molecule has 0 spiro atoms. The van der Waals surface area contributed by atoms with Gasteiger partial charge in [-0.05, 0) is 29.7 Å². The minimum Gasteiger partial charge on any atom is -0.454 e. The monoisotopic (exact) mass is 257 g/mol. The third-order valence-corrected chi connectivity index (χ3v) is 3.80. The van der Waals surface area contributed by atoms with Crippen molar-refractivity contribution in [3.05, 3.63) is 41.5 Å². The molecule has 2 aliphatic heterocycles. The lowest BCUT2D eigenvalue weighted by atomic mass is 9.93. The van der Waals surface area contributed by atoms with Crippen LogP contribution in [0.25, 0.3) is 0 Å². The molecule has 0 radical (unpaired) electrons. The lowest BCUT2D eigenvalue weighted by Crippen LogP contribution is -2.32. The number of nitrogens with one attached hydrogen (secondary N) is 1. The van der Waals surface area contributed by atoms with Crippen LogP contribution in [0.3, 0.4) is 0 Å². The van der Waals surface area contributed by atoms with Gasteiger partial charge in [0.1, 0.15) is 5.82 Å². The lowest BCUT2D eigenvalue weighted by Gasteiger charge is -2.26. The molecule has 1 aromatic heterocycles. The predicted octanol–water partition coefficient (Wildman–Crippen LogP) is 1.38. The second-order valence-electron chi connectivity index (χ2n) is 4.94. The van der Waals surface area contributed by atoms with E-state index in [4.69, 9.17) is 9.47 Å². The largest absolute Gasteiger partial charge is 0.454 e. The highest BCUT2D eigenvalue weighted by molar-refractivity contribution is 5.51. The number of aromatic nitrogens is 2. The summed E-state index contributed by atoms with van der Waals surface area (Å²) >= 11 is 0. The first-order valence-electron chi connectivity index (χ1n) is 6.46. The van der Waals surface area contributed by atoms with Gasteiger partial charge in [-0.3, -0.25) is 0 Å². The first-order chi connectivity index (χ1) is 9.33. The normalized spacial score (nSPS) is 20.4. The molecule has 19 heavy (non-hydrogen) atoms. The summed E-state index contributed by atoms with van der Waals surface area (Å²) in [5, 5.41) is 3.53. The van der Waals surface area contributed by atoms with Gasteiger partial charge < -0.3 is 19.4 Å². The van der Waals surface area contributed by atoms with Crippen molar-refractivity contribution in [2.24, 2.45) is 7.05 Å². The number of hydrogen-bond donors (Lipinski definition) is 1. The fourth-order valence-electron chi connectivity index (χ4n) is 2.83. The Kier molecular flexibility index (Phi) is 2.29. The van der Waals surface area contributed by atoms with E-state index in [1.807, 2.05) is 19.4 Å². The Hall–Kier alpha value is -2.01. The van der Waals surface area contributed by atoms with E-state index in [-0.39, 0.29) is 6.04 Å². The molecule has 1 unspecified atom stereocenters. The van der Waals surface area contributed by atoms with Crippen molar-refractivity contribution in [2.45, 2.75) is 12.5 Å². The fourth-order valence-corrected chi connectivity index (χ4v) is 2.83. The maximum absolute atomic E-state index is 5.48. The Morgan fingerprint density at radius 2 is 2.16 bits per heavy atom. The predicted molar refractivity (Wildman–Crippen MR) is 69.3 cm³/mol. The summed E-state index contributed by atoms with van der Waals surface area (Å²) in [4.78, 5) is 4.46. The maximum Gasteiger partial charge on any atom is 0.231 e. The van der Waals surface area contributed by atoms with Crippen molar-refractivity contribution >= 4 is 0 Å². The van der Waals surface area contributed by atoms with Gasteiger partial charge in [0.15, 0.2) is 11.5 Å². The van der Waals surface area contributed by atoms with Crippen molar-refractivity contribution in [2.75, 3.05) is 13.3 Å². The Bertz CT molecular complexity index is 636. The van der Waals surface area contributed by atoms with Crippen LogP contribution in [-0.4, -0.2) is 22.9 Å². The van der Waals surface area contributed by atoms with E-state index < -0.39 is 0 Å². The number of benzene rings is 1. The highest BCUT2D eigenvalue weighted by Gasteiger charge is 2.27. The first kappa shape index (κ1) is 10.9. The van der Waals surface area contributed by atoms with E-state index in [9.17, 15) is 0 Å². The maximum atomic E-state index is 5.48. The SMILES string of the molecule is Cn1ccnc1C1NCCc2cc3c(cc21)OCO3. The van der Waals surface area contributed by atoms with Crippen molar-refractivity contribution < 1.29 is 9.47 Å². The molecule has 5 nitrogen and oxygen atoms in total. The van der Waals surface area contributed by atoms with Gasteiger partial charge in [-0.2, -0.15) is 0 Å². The topological polar surface area (TPSA) is 48.3 Å². The van der Waals surface area contributed by atoms with Crippen molar-refractivity contribution in [3.63, 3.8) is 0 Å². The molecule has 0 fully saturated rings. The zero-order valence-electron chi connectivity index (χ0n) is 10.7. The van der Waals surface area contributed by atoms with Crippen LogP contribution in [0.5, 0.6) is 11.5 Å². The zero-order chi connectivity index (χ0) is 12.8. The highest BCUT2D eigenvalue weighted by Crippen LogP contribution is 2.39. The Morgan fingerprint density at radius 1 is 1.32 bits per heavy atom. The molecule has 0 saturated carbocycles. The van der Waals surface area contributed by atoms with Gasteiger partial charge in [0.05, 0.1) is 6.04 Å². The molecule has 0 saturated heterocycles. The highest BCUT2D eigenvalue weighted by atomic mass is 16.7. The van der Waals surface area contributed by atoms with Crippen LogP contribution in [-0.2, 0) is 13.5 Å². The van der Waals surface area contributed by atoms with Gasteiger partial charge in [-0.1, -0.05) is 0 Å². The molecule has 0 bridgehead atoms. The molecule has 1 N–H and O–H groups in total. The molecule has 1 atom stereocenters. The summed E-state index contributed by atoms with van der Waals surface area (Å²) < 4.78 is 13.0. The minimum absolute atomic E-state index is 0.123. The van der Waals surface area contributed by atoms with Crippen molar-refractivity contribution in [1.82, 2.24) is 14.9 Å². The van der Waals surface area contributed by atoms with Gasteiger partial charge in [-0.15, -0.1) is 0 Å².